The molecule has 4 aromatic carbocycles. The van der Waals surface area contributed by atoms with Crippen molar-refractivity contribution in [1.82, 2.24) is 5.32 Å². The van der Waals surface area contributed by atoms with E-state index in [0.717, 1.165) is 64.8 Å². The number of piperidine rings is 1. The maximum Gasteiger partial charge on any atom is 0.339 e. The van der Waals surface area contributed by atoms with Gasteiger partial charge in [-0.2, -0.15) is 0 Å². The second-order valence-electron chi connectivity index (χ2n) is 16.8. The van der Waals surface area contributed by atoms with Gasteiger partial charge in [0.15, 0.2) is 0 Å². The zero-order valence-electron chi connectivity index (χ0n) is 28.8. The molecular weight excluding hydrogens is 570 g/mol. The maximum absolute atomic E-state index is 13.7. The van der Waals surface area contributed by atoms with Crippen LogP contribution in [0.1, 0.15) is 108 Å². The minimum Gasteiger partial charge on any atom is -0.459 e. The number of carbonyl (C=O) groups is 2. The Bertz CT molecular complexity index is 1650. The molecule has 2 aliphatic rings. The molecule has 46 heavy (non-hydrogen) atoms. The fraction of sp³-hybridized carbons (Fsp3) is 0.463. The minimum atomic E-state index is -0.293. The largest absolute Gasteiger partial charge is 0.459 e. The third-order valence-electron chi connectivity index (χ3n) is 9.76. The molecule has 1 N–H and O–H groups in total. The molecule has 1 aliphatic carbocycles. The molecule has 4 aromatic rings. The lowest BCUT2D eigenvalue weighted by Crippen LogP contribution is -2.59. The van der Waals surface area contributed by atoms with Crippen molar-refractivity contribution in [3.63, 3.8) is 0 Å². The average molecular weight is 620 g/mol. The first-order valence-corrected chi connectivity index (χ1v) is 16.8. The highest BCUT2D eigenvalue weighted by molar-refractivity contribution is 6.07. The van der Waals surface area contributed by atoms with Crippen molar-refractivity contribution in [3.05, 3.63) is 83.9 Å². The third-order valence-corrected chi connectivity index (χ3v) is 9.76. The van der Waals surface area contributed by atoms with Gasteiger partial charge in [0, 0.05) is 23.9 Å². The molecular formula is C41H49NO4. The summed E-state index contributed by atoms with van der Waals surface area (Å²) in [4.78, 5) is 27.3. The number of ether oxygens (including phenoxy) is 2. The van der Waals surface area contributed by atoms with Crippen molar-refractivity contribution in [2.75, 3.05) is 0 Å². The van der Waals surface area contributed by atoms with E-state index < -0.39 is 0 Å². The van der Waals surface area contributed by atoms with E-state index in [0.29, 0.717) is 11.1 Å². The molecule has 0 aromatic heterocycles. The Balaban J connectivity index is 1.30. The van der Waals surface area contributed by atoms with Gasteiger partial charge in [-0.25, -0.2) is 9.59 Å². The lowest BCUT2D eigenvalue weighted by Gasteiger charge is -2.45. The van der Waals surface area contributed by atoms with Crippen molar-refractivity contribution in [2.24, 2.45) is 10.8 Å². The Hall–Kier alpha value is -3.70. The summed E-state index contributed by atoms with van der Waals surface area (Å²) in [6, 6.07) is 24.0. The third kappa shape index (κ3) is 7.00. The molecule has 1 saturated carbocycles. The Labute approximate surface area is 274 Å². The molecule has 0 spiro atoms. The van der Waals surface area contributed by atoms with Gasteiger partial charge in [-0.05, 0) is 115 Å². The van der Waals surface area contributed by atoms with Crippen molar-refractivity contribution < 1.29 is 19.1 Å². The van der Waals surface area contributed by atoms with Crippen LogP contribution in [0, 0.1) is 10.8 Å². The van der Waals surface area contributed by atoms with E-state index in [1.807, 2.05) is 36.4 Å². The number of hydrogen-bond acceptors (Lipinski definition) is 5. The number of benzene rings is 4. The second-order valence-corrected chi connectivity index (χ2v) is 16.8. The summed E-state index contributed by atoms with van der Waals surface area (Å²) in [6.07, 6.45) is 4.10. The molecule has 1 heterocycles. The van der Waals surface area contributed by atoms with E-state index in [4.69, 9.17) is 9.47 Å². The molecule has 2 fully saturated rings. The van der Waals surface area contributed by atoms with Gasteiger partial charge in [-0.3, -0.25) is 0 Å². The predicted molar refractivity (Wildman–Crippen MR) is 187 cm³/mol. The number of hydrogen-bond donors (Lipinski definition) is 1. The highest BCUT2D eigenvalue weighted by Crippen LogP contribution is 2.47. The predicted octanol–water partition coefficient (Wildman–Crippen LogP) is 9.89. The van der Waals surface area contributed by atoms with E-state index in [2.05, 4.69) is 97.1 Å². The van der Waals surface area contributed by atoms with Crippen LogP contribution in [0.2, 0.25) is 0 Å². The van der Waals surface area contributed by atoms with Crippen LogP contribution < -0.4 is 5.32 Å². The summed E-state index contributed by atoms with van der Waals surface area (Å²) >= 11 is 0. The topological polar surface area (TPSA) is 64.6 Å². The van der Waals surface area contributed by atoms with Crippen LogP contribution in [-0.2, 0) is 9.47 Å². The highest BCUT2D eigenvalue weighted by Gasteiger charge is 2.41. The van der Waals surface area contributed by atoms with Crippen LogP contribution in [0.5, 0.6) is 0 Å². The monoisotopic (exact) mass is 619 g/mol. The Kier molecular flexibility index (Phi) is 8.08. The second kappa shape index (κ2) is 11.5. The standard InChI is InChI=1S/C41H49NO4/c1-38(2)21-30(22-39(3,4)25-38)45-36(43)32-13-9-11-26-15-17-28(19-34(26)32)29-18-16-27-12-10-14-33(35(27)20-29)37(44)46-31-23-40(5,6)42-41(7,8)24-31/h9-20,30-31,42H,21-25H2,1-8H3. The van der Waals surface area contributed by atoms with E-state index in [1.165, 1.54) is 0 Å². The molecule has 5 heteroatoms. The fourth-order valence-electron chi connectivity index (χ4n) is 8.83. The molecule has 0 atom stereocenters. The van der Waals surface area contributed by atoms with Crippen LogP contribution in [0.15, 0.2) is 72.8 Å². The maximum atomic E-state index is 13.7. The molecule has 5 nitrogen and oxygen atoms in total. The van der Waals surface area contributed by atoms with Crippen molar-refractivity contribution in [2.45, 2.75) is 111 Å². The fourth-order valence-corrected chi connectivity index (χ4v) is 8.83. The summed E-state index contributed by atoms with van der Waals surface area (Å²) in [7, 11) is 0. The van der Waals surface area contributed by atoms with Crippen LogP contribution in [0.3, 0.4) is 0 Å². The lowest BCUT2D eigenvalue weighted by atomic mass is 9.64. The first-order chi connectivity index (χ1) is 21.5. The number of esters is 2. The molecule has 6 rings (SSSR count). The van der Waals surface area contributed by atoms with E-state index in [1.54, 1.807) is 0 Å². The number of rotatable bonds is 5. The van der Waals surface area contributed by atoms with Gasteiger partial charge in [-0.1, -0.05) is 76.2 Å². The molecule has 242 valence electrons. The van der Waals surface area contributed by atoms with Crippen molar-refractivity contribution >= 4 is 33.5 Å². The zero-order valence-corrected chi connectivity index (χ0v) is 28.8. The molecule has 1 aliphatic heterocycles. The van der Waals surface area contributed by atoms with Gasteiger partial charge in [0.1, 0.15) is 12.2 Å². The Morgan fingerprint density at radius 1 is 0.587 bits per heavy atom. The summed E-state index contributed by atoms with van der Waals surface area (Å²) in [5, 5.41) is 7.34. The molecule has 0 amide bonds. The normalized spacial score (nSPS) is 20.8. The van der Waals surface area contributed by atoms with Crippen molar-refractivity contribution in [1.29, 1.82) is 0 Å². The van der Waals surface area contributed by atoms with E-state index in [9.17, 15) is 9.59 Å². The van der Waals surface area contributed by atoms with Gasteiger partial charge in [0.05, 0.1) is 11.1 Å². The van der Waals surface area contributed by atoms with E-state index >= 15 is 0 Å². The molecule has 1 saturated heterocycles. The minimum absolute atomic E-state index is 0.106. The van der Waals surface area contributed by atoms with Crippen LogP contribution >= 0.6 is 0 Å². The summed E-state index contributed by atoms with van der Waals surface area (Å²) in [5.41, 5.74) is 3.10. The quantitative estimate of drug-likeness (QED) is 0.225. The van der Waals surface area contributed by atoms with Crippen LogP contribution in [0.25, 0.3) is 32.7 Å². The highest BCUT2D eigenvalue weighted by atomic mass is 16.5. The van der Waals surface area contributed by atoms with Gasteiger partial charge >= 0.3 is 11.9 Å². The Morgan fingerprint density at radius 3 is 1.43 bits per heavy atom. The first-order valence-electron chi connectivity index (χ1n) is 16.8. The number of carbonyl (C=O) groups excluding carboxylic acids is 2. The Morgan fingerprint density at radius 2 is 1.00 bits per heavy atom. The smallest absolute Gasteiger partial charge is 0.339 e. The van der Waals surface area contributed by atoms with Gasteiger partial charge in [0.2, 0.25) is 0 Å². The van der Waals surface area contributed by atoms with E-state index in [-0.39, 0.29) is 46.1 Å². The average Bonchev–Trinajstić information content (AvgIpc) is 2.92. The van der Waals surface area contributed by atoms with Gasteiger partial charge < -0.3 is 14.8 Å². The SMILES string of the molecule is CC1(C)CC(OC(=O)c2cccc3ccc(-c4ccc5cccc(C(=O)OC6CC(C)(C)NC(C)(C)C6)c5c4)cc23)CC(C)(C)C1. The zero-order chi connectivity index (χ0) is 33.1. The summed E-state index contributed by atoms with van der Waals surface area (Å²) < 4.78 is 12.4. The summed E-state index contributed by atoms with van der Waals surface area (Å²) in [6.45, 7) is 17.7. The molecule has 0 radical (unpaired) electrons. The number of fused-ring (bicyclic) bond motifs is 2. The molecule has 0 unspecified atom stereocenters. The first kappa shape index (κ1) is 32.2. The van der Waals surface area contributed by atoms with Gasteiger partial charge in [0.25, 0.3) is 0 Å². The lowest BCUT2D eigenvalue weighted by molar-refractivity contribution is -0.0282. The van der Waals surface area contributed by atoms with Gasteiger partial charge in [-0.15, -0.1) is 0 Å². The van der Waals surface area contributed by atoms with Crippen LogP contribution in [-0.4, -0.2) is 35.2 Å². The molecule has 0 bridgehead atoms. The number of nitrogens with one attached hydrogen (secondary N) is 1. The summed E-state index contributed by atoms with van der Waals surface area (Å²) in [5.74, 6) is -0.562. The van der Waals surface area contributed by atoms with Crippen LogP contribution in [0.4, 0.5) is 0 Å². The van der Waals surface area contributed by atoms with Crippen molar-refractivity contribution in [3.8, 4) is 11.1 Å².